The van der Waals surface area contributed by atoms with Crippen molar-refractivity contribution >= 4 is 10.0 Å². The lowest BCUT2D eigenvalue weighted by Crippen LogP contribution is -2.35. The number of fused-ring (bicyclic) bond motifs is 1. The third-order valence-electron chi connectivity index (χ3n) is 4.36. The van der Waals surface area contributed by atoms with E-state index >= 15 is 0 Å². The molecule has 118 valence electrons. The Labute approximate surface area is 125 Å². The van der Waals surface area contributed by atoms with Crippen LogP contribution in [-0.2, 0) is 27.7 Å². The fraction of sp³-hybridized carbons (Fsp3) is 0.786. The second-order valence-corrected chi connectivity index (χ2v) is 7.92. The Balaban J connectivity index is 1.43. The molecule has 3 rings (SSSR count). The van der Waals surface area contributed by atoms with E-state index in [1.807, 2.05) is 12.4 Å². The summed E-state index contributed by atoms with van der Waals surface area (Å²) in [6.45, 7) is 2.14. The number of imidazole rings is 1. The van der Waals surface area contributed by atoms with E-state index in [1.165, 1.54) is 0 Å². The lowest BCUT2D eigenvalue weighted by atomic mass is 10.00. The van der Waals surface area contributed by atoms with E-state index in [9.17, 15) is 8.42 Å². The standard InChI is InChI=1S/C14H23N3O3S/c18-21(19,9-5-13-2-1-8-20-13)16-10-12-3-4-14-15-6-7-17(14)11-12/h6-7,12-13,16H,1-5,8-11H2/t12-,13-/m0/s1. The Bertz CT molecular complexity index is 564. The van der Waals surface area contributed by atoms with Crippen LogP contribution in [0.4, 0.5) is 0 Å². The molecule has 0 unspecified atom stereocenters. The van der Waals surface area contributed by atoms with Gasteiger partial charge in [-0.25, -0.2) is 18.1 Å². The molecule has 0 aliphatic carbocycles. The molecule has 0 radical (unpaired) electrons. The highest BCUT2D eigenvalue weighted by Crippen LogP contribution is 2.19. The van der Waals surface area contributed by atoms with Crippen LogP contribution in [0.15, 0.2) is 12.4 Å². The van der Waals surface area contributed by atoms with Gasteiger partial charge in [0.15, 0.2) is 0 Å². The van der Waals surface area contributed by atoms with Crippen LogP contribution in [0.25, 0.3) is 0 Å². The van der Waals surface area contributed by atoms with E-state index in [1.54, 1.807) is 0 Å². The van der Waals surface area contributed by atoms with Crippen LogP contribution in [0, 0.1) is 5.92 Å². The molecule has 1 N–H and O–H groups in total. The van der Waals surface area contributed by atoms with Gasteiger partial charge in [0.1, 0.15) is 5.82 Å². The topological polar surface area (TPSA) is 73.2 Å². The van der Waals surface area contributed by atoms with Gasteiger partial charge in [-0.15, -0.1) is 0 Å². The molecule has 6 nitrogen and oxygen atoms in total. The second kappa shape index (κ2) is 6.46. The summed E-state index contributed by atoms with van der Waals surface area (Å²) in [6, 6.07) is 0. The summed E-state index contributed by atoms with van der Waals surface area (Å²) in [6.07, 6.45) is 8.46. The predicted octanol–water partition coefficient (Wildman–Crippen LogP) is 0.934. The smallest absolute Gasteiger partial charge is 0.211 e. The number of ether oxygens (including phenoxy) is 1. The van der Waals surface area contributed by atoms with Gasteiger partial charge in [-0.2, -0.15) is 0 Å². The zero-order valence-corrected chi connectivity index (χ0v) is 13.0. The molecule has 3 heterocycles. The normalized spacial score (nSPS) is 25.9. The first-order valence-corrected chi connectivity index (χ1v) is 9.36. The van der Waals surface area contributed by atoms with Crippen LogP contribution in [0.3, 0.4) is 0 Å². The van der Waals surface area contributed by atoms with Gasteiger partial charge < -0.3 is 9.30 Å². The summed E-state index contributed by atoms with van der Waals surface area (Å²) in [4.78, 5) is 4.28. The molecule has 2 aliphatic heterocycles. The van der Waals surface area contributed by atoms with Crippen LogP contribution in [0.1, 0.15) is 31.5 Å². The zero-order valence-electron chi connectivity index (χ0n) is 12.2. The second-order valence-electron chi connectivity index (χ2n) is 5.99. The highest BCUT2D eigenvalue weighted by Gasteiger charge is 2.22. The van der Waals surface area contributed by atoms with Gasteiger partial charge in [-0.3, -0.25) is 0 Å². The molecule has 2 aliphatic rings. The maximum atomic E-state index is 12.0. The Morgan fingerprint density at radius 3 is 3.14 bits per heavy atom. The molecule has 0 spiro atoms. The largest absolute Gasteiger partial charge is 0.378 e. The summed E-state index contributed by atoms with van der Waals surface area (Å²) in [7, 11) is -3.19. The van der Waals surface area contributed by atoms with Gasteiger partial charge in [0.05, 0.1) is 11.9 Å². The Kier molecular flexibility index (Phi) is 4.61. The van der Waals surface area contributed by atoms with Crippen LogP contribution >= 0.6 is 0 Å². The van der Waals surface area contributed by atoms with E-state index in [4.69, 9.17) is 4.74 Å². The summed E-state index contributed by atoms with van der Waals surface area (Å²) in [5.74, 6) is 1.62. The fourth-order valence-corrected chi connectivity index (χ4v) is 4.29. The number of aryl methyl sites for hydroxylation is 1. The zero-order chi connectivity index (χ0) is 14.7. The van der Waals surface area contributed by atoms with Gasteiger partial charge in [0.2, 0.25) is 10.0 Å². The third-order valence-corrected chi connectivity index (χ3v) is 5.74. The quantitative estimate of drug-likeness (QED) is 0.848. The molecular weight excluding hydrogens is 290 g/mol. The predicted molar refractivity (Wildman–Crippen MR) is 79.4 cm³/mol. The van der Waals surface area contributed by atoms with Crippen LogP contribution in [0.2, 0.25) is 0 Å². The number of hydrogen-bond acceptors (Lipinski definition) is 4. The summed E-state index contributed by atoms with van der Waals surface area (Å²) in [5.41, 5.74) is 0. The van der Waals surface area contributed by atoms with Gasteiger partial charge in [0.25, 0.3) is 0 Å². The Hall–Kier alpha value is -0.920. The summed E-state index contributed by atoms with van der Waals surface area (Å²) < 4.78 is 34.4. The van der Waals surface area contributed by atoms with E-state index in [0.29, 0.717) is 18.9 Å². The first-order valence-electron chi connectivity index (χ1n) is 7.71. The number of rotatable bonds is 6. The van der Waals surface area contributed by atoms with Crippen molar-refractivity contribution in [3.63, 3.8) is 0 Å². The summed E-state index contributed by atoms with van der Waals surface area (Å²) in [5, 5.41) is 0. The molecular formula is C14H23N3O3S. The first-order chi connectivity index (χ1) is 10.1. The molecule has 1 fully saturated rings. The van der Waals surface area contributed by atoms with Crippen molar-refractivity contribution in [3.8, 4) is 0 Å². The number of nitrogens with zero attached hydrogens (tertiary/aromatic N) is 2. The molecule has 21 heavy (non-hydrogen) atoms. The van der Waals surface area contributed by atoms with E-state index in [0.717, 1.165) is 44.7 Å². The Morgan fingerprint density at radius 1 is 1.43 bits per heavy atom. The monoisotopic (exact) mass is 313 g/mol. The van der Waals surface area contributed by atoms with Crippen molar-refractivity contribution in [3.05, 3.63) is 18.2 Å². The van der Waals surface area contributed by atoms with Gasteiger partial charge in [0, 0.05) is 38.5 Å². The third kappa shape index (κ3) is 4.05. The molecule has 7 heteroatoms. The summed E-state index contributed by atoms with van der Waals surface area (Å²) >= 11 is 0. The molecule has 2 atom stereocenters. The Morgan fingerprint density at radius 2 is 2.33 bits per heavy atom. The molecule has 1 saturated heterocycles. The van der Waals surface area contributed by atoms with Crippen molar-refractivity contribution in [2.24, 2.45) is 5.92 Å². The minimum Gasteiger partial charge on any atom is -0.378 e. The van der Waals surface area contributed by atoms with Gasteiger partial charge in [-0.05, 0) is 31.6 Å². The molecule has 1 aromatic heterocycles. The van der Waals surface area contributed by atoms with E-state index in [2.05, 4.69) is 14.3 Å². The minimum atomic E-state index is -3.19. The number of sulfonamides is 1. The SMILES string of the molecule is O=S(=O)(CC[C@@H]1CCCO1)NC[C@@H]1CCc2nccn2C1. The first kappa shape index (κ1) is 15.0. The van der Waals surface area contributed by atoms with Crippen molar-refractivity contribution in [1.29, 1.82) is 0 Å². The number of nitrogens with one attached hydrogen (secondary N) is 1. The van der Waals surface area contributed by atoms with E-state index in [-0.39, 0.29) is 11.9 Å². The number of aromatic nitrogens is 2. The van der Waals surface area contributed by atoms with Crippen LogP contribution < -0.4 is 4.72 Å². The maximum Gasteiger partial charge on any atom is 0.211 e. The van der Waals surface area contributed by atoms with Crippen LogP contribution in [0.5, 0.6) is 0 Å². The highest BCUT2D eigenvalue weighted by molar-refractivity contribution is 7.89. The number of hydrogen-bond donors (Lipinski definition) is 1. The van der Waals surface area contributed by atoms with E-state index < -0.39 is 10.0 Å². The highest BCUT2D eigenvalue weighted by atomic mass is 32.2. The molecule has 1 aromatic rings. The average molecular weight is 313 g/mol. The molecule has 0 bridgehead atoms. The van der Waals surface area contributed by atoms with Gasteiger partial charge in [-0.1, -0.05) is 0 Å². The van der Waals surface area contributed by atoms with Gasteiger partial charge >= 0.3 is 0 Å². The lowest BCUT2D eigenvalue weighted by molar-refractivity contribution is 0.109. The van der Waals surface area contributed by atoms with Crippen molar-refractivity contribution in [2.45, 2.75) is 44.8 Å². The van der Waals surface area contributed by atoms with Crippen molar-refractivity contribution in [1.82, 2.24) is 14.3 Å². The molecule has 0 amide bonds. The van der Waals surface area contributed by atoms with Crippen molar-refractivity contribution < 1.29 is 13.2 Å². The molecule has 0 saturated carbocycles. The van der Waals surface area contributed by atoms with Crippen LogP contribution in [-0.4, -0.2) is 43.0 Å². The maximum absolute atomic E-state index is 12.0. The van der Waals surface area contributed by atoms with Crippen molar-refractivity contribution in [2.75, 3.05) is 18.9 Å². The fourth-order valence-electron chi connectivity index (χ4n) is 3.08. The average Bonchev–Trinajstić information content (AvgIpc) is 3.13. The minimum absolute atomic E-state index is 0.129. The lowest BCUT2D eigenvalue weighted by Gasteiger charge is -2.24. The molecule has 0 aromatic carbocycles.